The zero-order valence-corrected chi connectivity index (χ0v) is 17.7. The number of hydrogen-bond acceptors (Lipinski definition) is 5. The molecule has 6 heteroatoms. The van der Waals surface area contributed by atoms with E-state index >= 15 is 0 Å². The van der Waals surface area contributed by atoms with Crippen LogP contribution in [0.5, 0.6) is 0 Å². The number of carbonyl (C=O) groups is 1. The predicted octanol–water partition coefficient (Wildman–Crippen LogP) is 5.33. The van der Waals surface area contributed by atoms with Crippen LogP contribution < -0.4 is 0 Å². The third-order valence-electron chi connectivity index (χ3n) is 5.49. The predicted molar refractivity (Wildman–Crippen MR) is 116 cm³/mol. The molecule has 0 spiro atoms. The van der Waals surface area contributed by atoms with Crippen molar-refractivity contribution in [2.45, 2.75) is 50.7 Å². The summed E-state index contributed by atoms with van der Waals surface area (Å²) in [6, 6.07) is 9.62. The number of nitrogens with zero attached hydrogens (tertiary/aromatic N) is 3. The third-order valence-corrected chi connectivity index (χ3v) is 6.70. The van der Waals surface area contributed by atoms with Crippen molar-refractivity contribution in [1.29, 1.82) is 0 Å². The van der Waals surface area contributed by atoms with Crippen molar-refractivity contribution in [2.24, 2.45) is 5.92 Å². The summed E-state index contributed by atoms with van der Waals surface area (Å²) in [4.78, 5) is 21.1. The smallest absolute Gasteiger partial charge is 0.338 e. The number of esters is 1. The van der Waals surface area contributed by atoms with E-state index < -0.39 is 0 Å². The van der Waals surface area contributed by atoms with Crippen LogP contribution in [0.4, 0.5) is 0 Å². The fourth-order valence-electron chi connectivity index (χ4n) is 3.90. The Morgan fingerprint density at radius 3 is 2.72 bits per heavy atom. The highest BCUT2D eigenvalue weighted by Gasteiger charge is 2.17. The molecule has 0 atom stereocenters. The molecule has 0 aliphatic heterocycles. The highest BCUT2D eigenvalue weighted by Crippen LogP contribution is 2.31. The Bertz CT molecular complexity index is 962. The van der Waals surface area contributed by atoms with E-state index in [1.54, 1.807) is 6.20 Å². The van der Waals surface area contributed by atoms with Gasteiger partial charge in [-0.3, -0.25) is 4.98 Å². The molecule has 1 fully saturated rings. The molecule has 152 valence electrons. The summed E-state index contributed by atoms with van der Waals surface area (Å²) < 4.78 is 7.32. The number of fused-ring (bicyclic) bond motifs is 1. The van der Waals surface area contributed by atoms with Crippen molar-refractivity contribution in [3.63, 3.8) is 0 Å². The van der Waals surface area contributed by atoms with E-state index in [0.717, 1.165) is 33.4 Å². The molecule has 0 bridgehead atoms. The van der Waals surface area contributed by atoms with Crippen LogP contribution in [-0.2, 0) is 11.3 Å². The van der Waals surface area contributed by atoms with Gasteiger partial charge in [-0.05, 0) is 49.4 Å². The monoisotopic (exact) mass is 409 g/mol. The van der Waals surface area contributed by atoms with E-state index in [1.807, 2.05) is 55.2 Å². The lowest BCUT2D eigenvalue weighted by molar-refractivity contribution is 0.0526. The molecule has 0 amide bonds. The number of aromatic nitrogens is 3. The van der Waals surface area contributed by atoms with Crippen molar-refractivity contribution in [3.05, 3.63) is 53.9 Å². The molecule has 2 heterocycles. The SMILES string of the molecule is CCOC(=O)c1ccc(Cn2c(SCC3CCCCC3)nc3ccncc32)cc1. The Balaban J connectivity index is 1.54. The number of benzene rings is 1. The van der Waals surface area contributed by atoms with Gasteiger partial charge in [0, 0.05) is 11.9 Å². The average molecular weight is 410 g/mol. The number of thioether (sulfide) groups is 1. The lowest BCUT2D eigenvalue weighted by Crippen LogP contribution is -2.10. The van der Waals surface area contributed by atoms with Crippen molar-refractivity contribution >= 4 is 28.8 Å². The van der Waals surface area contributed by atoms with Gasteiger partial charge in [-0.15, -0.1) is 0 Å². The minimum absolute atomic E-state index is 0.278. The largest absolute Gasteiger partial charge is 0.462 e. The van der Waals surface area contributed by atoms with Crippen molar-refractivity contribution in [1.82, 2.24) is 14.5 Å². The second-order valence-electron chi connectivity index (χ2n) is 7.58. The molecule has 3 aromatic rings. The lowest BCUT2D eigenvalue weighted by atomic mass is 9.91. The third kappa shape index (κ3) is 4.81. The van der Waals surface area contributed by atoms with Gasteiger partial charge in [-0.2, -0.15) is 0 Å². The Morgan fingerprint density at radius 1 is 1.17 bits per heavy atom. The maximum Gasteiger partial charge on any atom is 0.338 e. The number of ether oxygens (including phenoxy) is 1. The zero-order valence-electron chi connectivity index (χ0n) is 16.8. The van der Waals surface area contributed by atoms with Crippen molar-refractivity contribution in [3.8, 4) is 0 Å². The lowest BCUT2D eigenvalue weighted by Gasteiger charge is -2.21. The molecule has 0 N–H and O–H groups in total. The van der Waals surface area contributed by atoms with Gasteiger partial charge in [0.05, 0.1) is 35.9 Å². The molecule has 29 heavy (non-hydrogen) atoms. The molecule has 0 unspecified atom stereocenters. The van der Waals surface area contributed by atoms with E-state index in [-0.39, 0.29) is 5.97 Å². The first-order chi connectivity index (χ1) is 14.2. The van der Waals surface area contributed by atoms with Crippen LogP contribution in [0.2, 0.25) is 0 Å². The van der Waals surface area contributed by atoms with Gasteiger partial charge in [0.25, 0.3) is 0 Å². The highest BCUT2D eigenvalue weighted by molar-refractivity contribution is 7.99. The molecular weight excluding hydrogens is 382 g/mol. The van der Waals surface area contributed by atoms with Gasteiger partial charge in [-0.25, -0.2) is 9.78 Å². The maximum atomic E-state index is 11.9. The molecule has 4 rings (SSSR count). The quantitative estimate of drug-likeness (QED) is 0.390. The summed E-state index contributed by atoms with van der Waals surface area (Å²) in [6.45, 7) is 2.91. The van der Waals surface area contributed by atoms with Crippen LogP contribution in [0.15, 0.2) is 47.9 Å². The van der Waals surface area contributed by atoms with Crippen LogP contribution in [-0.4, -0.2) is 32.9 Å². The Hall–Kier alpha value is -2.34. The van der Waals surface area contributed by atoms with E-state index in [4.69, 9.17) is 9.72 Å². The topological polar surface area (TPSA) is 57.0 Å². The fraction of sp³-hybridized carbons (Fsp3) is 0.435. The highest BCUT2D eigenvalue weighted by atomic mass is 32.2. The van der Waals surface area contributed by atoms with Crippen LogP contribution in [0.3, 0.4) is 0 Å². The minimum atomic E-state index is -0.278. The number of rotatable bonds is 7. The number of imidazole rings is 1. The number of hydrogen-bond donors (Lipinski definition) is 0. The molecule has 0 saturated heterocycles. The second-order valence-corrected chi connectivity index (χ2v) is 8.56. The molecule has 5 nitrogen and oxygen atoms in total. The second kappa shape index (κ2) is 9.44. The van der Waals surface area contributed by atoms with Gasteiger partial charge in [0.15, 0.2) is 5.16 Å². The van der Waals surface area contributed by atoms with Crippen LogP contribution in [0, 0.1) is 5.92 Å². The first kappa shape index (κ1) is 20.0. The summed E-state index contributed by atoms with van der Waals surface area (Å²) in [6.07, 6.45) is 10.5. The van der Waals surface area contributed by atoms with E-state index in [9.17, 15) is 4.79 Å². The Kier molecular flexibility index (Phi) is 6.49. The summed E-state index contributed by atoms with van der Waals surface area (Å²) in [5, 5.41) is 1.05. The summed E-state index contributed by atoms with van der Waals surface area (Å²) in [5.74, 6) is 1.64. The van der Waals surface area contributed by atoms with E-state index in [2.05, 4.69) is 9.55 Å². The van der Waals surface area contributed by atoms with Gasteiger partial charge < -0.3 is 9.30 Å². The fourth-order valence-corrected chi connectivity index (χ4v) is 5.10. The normalized spacial score (nSPS) is 14.9. The van der Waals surface area contributed by atoms with E-state index in [1.165, 1.54) is 32.1 Å². The maximum absolute atomic E-state index is 11.9. The minimum Gasteiger partial charge on any atom is -0.462 e. The van der Waals surface area contributed by atoms with Gasteiger partial charge >= 0.3 is 5.97 Å². The van der Waals surface area contributed by atoms with Crippen LogP contribution in [0.1, 0.15) is 54.9 Å². The average Bonchev–Trinajstić information content (AvgIpc) is 3.11. The molecular formula is C23H27N3O2S. The molecule has 1 saturated carbocycles. The van der Waals surface area contributed by atoms with Gasteiger partial charge in [0.1, 0.15) is 0 Å². The molecule has 1 aliphatic carbocycles. The molecule has 2 aromatic heterocycles. The first-order valence-corrected chi connectivity index (χ1v) is 11.4. The Morgan fingerprint density at radius 2 is 1.97 bits per heavy atom. The van der Waals surface area contributed by atoms with Gasteiger partial charge in [0.2, 0.25) is 0 Å². The number of pyridine rings is 1. The summed E-state index contributed by atoms with van der Waals surface area (Å²) in [7, 11) is 0. The molecule has 1 aromatic carbocycles. The zero-order chi connectivity index (χ0) is 20.1. The Labute approximate surface area is 175 Å². The molecule has 1 aliphatic rings. The van der Waals surface area contributed by atoms with E-state index in [0.29, 0.717) is 18.7 Å². The van der Waals surface area contributed by atoms with Crippen molar-refractivity contribution < 1.29 is 9.53 Å². The first-order valence-electron chi connectivity index (χ1n) is 10.4. The van der Waals surface area contributed by atoms with Gasteiger partial charge in [-0.1, -0.05) is 43.2 Å². The van der Waals surface area contributed by atoms with Crippen LogP contribution in [0.25, 0.3) is 11.0 Å². The van der Waals surface area contributed by atoms with Crippen LogP contribution >= 0.6 is 11.8 Å². The summed E-state index contributed by atoms with van der Waals surface area (Å²) >= 11 is 1.86. The number of carbonyl (C=O) groups excluding carboxylic acids is 1. The van der Waals surface area contributed by atoms with Crippen molar-refractivity contribution in [2.75, 3.05) is 12.4 Å². The molecule has 0 radical (unpaired) electrons. The standard InChI is InChI=1S/C23H27N3O2S/c1-2-28-22(27)19-10-8-17(9-11-19)15-26-21-14-24-13-12-20(21)25-23(26)29-16-18-6-4-3-5-7-18/h8-14,18H,2-7,15-16H2,1H3. The summed E-state index contributed by atoms with van der Waals surface area (Å²) in [5.41, 5.74) is 3.74.